The molecule has 0 aliphatic rings. The van der Waals surface area contributed by atoms with Gasteiger partial charge in [0.15, 0.2) is 0 Å². The van der Waals surface area contributed by atoms with Crippen LogP contribution in [-0.2, 0) is 7.05 Å². The number of nitrogen functional groups attached to an aromatic ring is 1. The van der Waals surface area contributed by atoms with Crippen LogP contribution in [0.3, 0.4) is 0 Å². The quantitative estimate of drug-likeness (QED) is 0.517. The topological polar surface area (TPSA) is 59.6 Å². The molecule has 20 heavy (non-hydrogen) atoms. The van der Waals surface area contributed by atoms with Crippen molar-refractivity contribution in [3.8, 4) is 11.1 Å². The van der Waals surface area contributed by atoms with Crippen LogP contribution in [0.4, 0.5) is 5.69 Å². The Balaban J connectivity index is 2.07. The molecule has 3 N–H and O–H groups in total. The number of rotatable bonds is 1. The van der Waals surface area contributed by atoms with Crippen molar-refractivity contribution >= 4 is 27.5 Å². The Morgan fingerprint density at radius 2 is 2.05 bits per heavy atom. The van der Waals surface area contributed by atoms with Crippen molar-refractivity contribution in [2.45, 2.75) is 0 Å². The second kappa shape index (κ2) is 3.87. The van der Waals surface area contributed by atoms with Gasteiger partial charge in [-0.2, -0.15) is 5.10 Å². The third-order valence-electron chi connectivity index (χ3n) is 3.80. The average Bonchev–Trinajstić information content (AvgIpc) is 3.06. The van der Waals surface area contributed by atoms with Crippen LogP contribution in [0.5, 0.6) is 0 Å². The first-order valence-corrected chi connectivity index (χ1v) is 6.52. The van der Waals surface area contributed by atoms with Gasteiger partial charge in [-0.15, -0.1) is 0 Å². The number of aryl methyl sites for hydroxylation is 1. The molecule has 0 atom stereocenters. The number of nitrogens with one attached hydrogen (secondary N) is 1. The lowest BCUT2D eigenvalue weighted by Crippen LogP contribution is -1.92. The molecule has 0 unspecified atom stereocenters. The van der Waals surface area contributed by atoms with Crippen molar-refractivity contribution in [2.24, 2.45) is 7.05 Å². The van der Waals surface area contributed by atoms with Crippen LogP contribution in [-0.4, -0.2) is 14.8 Å². The van der Waals surface area contributed by atoms with E-state index in [0.717, 1.165) is 27.7 Å². The van der Waals surface area contributed by atoms with Crippen LogP contribution in [0.1, 0.15) is 0 Å². The molecular weight excluding hydrogens is 248 g/mol. The molecule has 0 aliphatic heterocycles. The standard InChI is InChI=1S/C16H14N4/c1-20-16-8-10(7-14(17)13(16)9-19-20)11-3-2-4-15-12(11)5-6-18-15/h2-9,18H,17H2,1H3. The van der Waals surface area contributed by atoms with Crippen LogP contribution in [0.25, 0.3) is 32.9 Å². The molecule has 0 saturated heterocycles. The smallest absolute Gasteiger partial charge is 0.0706 e. The first-order valence-electron chi connectivity index (χ1n) is 6.52. The van der Waals surface area contributed by atoms with E-state index in [1.54, 1.807) is 0 Å². The van der Waals surface area contributed by atoms with E-state index >= 15 is 0 Å². The number of aromatic nitrogens is 3. The van der Waals surface area contributed by atoms with E-state index in [1.165, 1.54) is 10.9 Å². The van der Waals surface area contributed by atoms with Crippen molar-refractivity contribution in [1.29, 1.82) is 0 Å². The van der Waals surface area contributed by atoms with Crippen LogP contribution < -0.4 is 5.73 Å². The number of aromatic amines is 1. The molecule has 0 saturated carbocycles. The summed E-state index contributed by atoms with van der Waals surface area (Å²) in [5, 5.41) is 6.47. The average molecular weight is 262 g/mol. The summed E-state index contributed by atoms with van der Waals surface area (Å²) in [4.78, 5) is 3.24. The second-order valence-corrected chi connectivity index (χ2v) is 5.01. The maximum atomic E-state index is 6.17. The maximum absolute atomic E-state index is 6.17. The van der Waals surface area contributed by atoms with Gasteiger partial charge in [-0.05, 0) is 35.4 Å². The molecule has 2 aromatic heterocycles. The van der Waals surface area contributed by atoms with Gasteiger partial charge in [0, 0.05) is 35.2 Å². The van der Waals surface area contributed by atoms with Gasteiger partial charge in [0.05, 0.1) is 11.7 Å². The van der Waals surface area contributed by atoms with E-state index < -0.39 is 0 Å². The summed E-state index contributed by atoms with van der Waals surface area (Å²) in [5.41, 5.74) is 11.4. The second-order valence-electron chi connectivity index (χ2n) is 5.01. The molecule has 2 aromatic carbocycles. The van der Waals surface area contributed by atoms with E-state index in [9.17, 15) is 0 Å². The lowest BCUT2D eigenvalue weighted by atomic mass is 10.00. The van der Waals surface area contributed by atoms with Gasteiger partial charge in [-0.1, -0.05) is 12.1 Å². The Kier molecular flexibility index (Phi) is 2.15. The summed E-state index contributed by atoms with van der Waals surface area (Å²) < 4.78 is 1.85. The van der Waals surface area contributed by atoms with Gasteiger partial charge in [0.25, 0.3) is 0 Å². The van der Waals surface area contributed by atoms with Crippen molar-refractivity contribution in [3.63, 3.8) is 0 Å². The molecule has 4 nitrogen and oxygen atoms in total. The van der Waals surface area contributed by atoms with Gasteiger partial charge in [0.1, 0.15) is 0 Å². The Morgan fingerprint density at radius 1 is 1.15 bits per heavy atom. The van der Waals surface area contributed by atoms with E-state index in [1.807, 2.05) is 30.2 Å². The molecule has 0 radical (unpaired) electrons. The highest BCUT2D eigenvalue weighted by Crippen LogP contribution is 2.33. The summed E-state index contributed by atoms with van der Waals surface area (Å²) >= 11 is 0. The minimum atomic E-state index is 0.762. The fraction of sp³-hybridized carbons (Fsp3) is 0.0625. The number of anilines is 1. The highest BCUT2D eigenvalue weighted by Gasteiger charge is 2.09. The van der Waals surface area contributed by atoms with Gasteiger partial charge >= 0.3 is 0 Å². The lowest BCUT2D eigenvalue weighted by molar-refractivity contribution is 0.797. The van der Waals surface area contributed by atoms with E-state index in [2.05, 4.69) is 40.4 Å². The molecule has 4 rings (SSSR count). The van der Waals surface area contributed by atoms with Crippen molar-refractivity contribution in [2.75, 3.05) is 5.73 Å². The van der Waals surface area contributed by atoms with Crippen LogP contribution in [0.15, 0.2) is 48.8 Å². The predicted octanol–water partition coefficient (Wildman–Crippen LogP) is 3.30. The number of fused-ring (bicyclic) bond motifs is 2. The molecule has 2 heterocycles. The lowest BCUT2D eigenvalue weighted by Gasteiger charge is -2.07. The number of nitrogens with zero attached hydrogens (tertiary/aromatic N) is 2. The van der Waals surface area contributed by atoms with E-state index in [-0.39, 0.29) is 0 Å². The first-order chi connectivity index (χ1) is 9.74. The summed E-state index contributed by atoms with van der Waals surface area (Å²) in [6, 6.07) is 12.5. The molecule has 98 valence electrons. The summed E-state index contributed by atoms with van der Waals surface area (Å²) in [6.07, 6.45) is 3.77. The SMILES string of the molecule is Cn1ncc2c(N)cc(-c3cccc4[nH]ccc34)cc21. The molecular formula is C16H14N4. The van der Waals surface area contributed by atoms with Crippen molar-refractivity contribution in [1.82, 2.24) is 14.8 Å². The minimum Gasteiger partial charge on any atom is -0.398 e. The summed E-state index contributed by atoms with van der Waals surface area (Å²) in [6.45, 7) is 0. The number of H-pyrrole nitrogens is 1. The number of benzene rings is 2. The van der Waals surface area contributed by atoms with E-state index in [4.69, 9.17) is 5.73 Å². The molecule has 4 aromatic rings. The molecule has 0 amide bonds. The predicted molar refractivity (Wildman–Crippen MR) is 82.4 cm³/mol. The minimum absolute atomic E-state index is 0.762. The summed E-state index contributed by atoms with van der Waals surface area (Å²) in [7, 11) is 1.93. The molecule has 4 heteroatoms. The Hall–Kier alpha value is -2.75. The monoisotopic (exact) mass is 262 g/mol. The number of nitrogens with two attached hydrogens (primary N) is 1. The van der Waals surface area contributed by atoms with Gasteiger partial charge in [-0.25, -0.2) is 0 Å². The van der Waals surface area contributed by atoms with Crippen LogP contribution in [0.2, 0.25) is 0 Å². The highest BCUT2D eigenvalue weighted by molar-refractivity contribution is 6.00. The Bertz CT molecular complexity index is 930. The zero-order valence-electron chi connectivity index (χ0n) is 11.1. The fourth-order valence-corrected chi connectivity index (χ4v) is 2.77. The number of hydrogen-bond acceptors (Lipinski definition) is 2. The number of hydrogen-bond donors (Lipinski definition) is 2. The van der Waals surface area contributed by atoms with Crippen molar-refractivity contribution in [3.05, 3.63) is 48.8 Å². The molecule has 0 bridgehead atoms. The zero-order chi connectivity index (χ0) is 13.7. The van der Waals surface area contributed by atoms with E-state index in [0.29, 0.717) is 0 Å². The normalized spacial score (nSPS) is 11.4. The van der Waals surface area contributed by atoms with Crippen LogP contribution >= 0.6 is 0 Å². The molecule has 0 aliphatic carbocycles. The first kappa shape index (κ1) is 11.1. The highest BCUT2D eigenvalue weighted by atomic mass is 15.2. The Morgan fingerprint density at radius 3 is 2.95 bits per heavy atom. The third kappa shape index (κ3) is 1.45. The van der Waals surface area contributed by atoms with Gasteiger partial charge in [-0.3, -0.25) is 4.68 Å². The summed E-state index contributed by atoms with van der Waals surface area (Å²) in [5.74, 6) is 0. The Labute approximate surface area is 115 Å². The van der Waals surface area contributed by atoms with Gasteiger partial charge in [0.2, 0.25) is 0 Å². The largest absolute Gasteiger partial charge is 0.398 e. The maximum Gasteiger partial charge on any atom is 0.0706 e. The fourth-order valence-electron chi connectivity index (χ4n) is 2.77. The molecule has 0 fully saturated rings. The van der Waals surface area contributed by atoms with Crippen LogP contribution in [0, 0.1) is 0 Å². The zero-order valence-corrected chi connectivity index (χ0v) is 11.1. The third-order valence-corrected chi connectivity index (χ3v) is 3.80. The van der Waals surface area contributed by atoms with Gasteiger partial charge < -0.3 is 10.7 Å². The molecule has 0 spiro atoms. The van der Waals surface area contributed by atoms with Crippen molar-refractivity contribution < 1.29 is 0 Å².